The molecule has 7 heteroatoms. The molecule has 2 fully saturated rings. The second kappa shape index (κ2) is 8.56. The third-order valence-electron chi connectivity index (χ3n) is 10.5. The van der Waals surface area contributed by atoms with Gasteiger partial charge in [-0.1, -0.05) is 133 Å². The summed E-state index contributed by atoms with van der Waals surface area (Å²) in [5.41, 5.74) is 3.60. The number of hydrogen-bond acceptors (Lipinski definition) is 1. The van der Waals surface area contributed by atoms with Crippen molar-refractivity contribution in [3.05, 3.63) is 65.2 Å². The Balaban J connectivity index is 2.22. The van der Waals surface area contributed by atoms with Gasteiger partial charge >= 0.3 is 0 Å². The van der Waals surface area contributed by atoms with Gasteiger partial charge in [0.1, 0.15) is 0 Å². The number of anilines is 1. The van der Waals surface area contributed by atoms with Gasteiger partial charge in [-0.15, -0.1) is 0 Å². The smallest absolute Gasteiger partial charge is 0.184 e. The van der Waals surface area contributed by atoms with Crippen molar-refractivity contribution in [3.63, 3.8) is 0 Å². The standard InChI is InChI=1S/C29H50ClNSi5/c1-32(2,3)28(33(4,5)6)22-23-29(34(7,8)9,35(10,11)12)36(28)27(24-18-20-25(30)21-19-24)31(36)26-16-14-13-15-17-26/h13-21,27H,22-23H2,1-12H3/t27-,31?/m0/s1. The lowest BCUT2D eigenvalue weighted by atomic mass is 10.2. The lowest BCUT2D eigenvalue weighted by Crippen LogP contribution is -2.72. The van der Waals surface area contributed by atoms with Gasteiger partial charge in [-0.2, -0.15) is 0 Å². The molecule has 0 amide bonds. The molecule has 1 spiro atoms. The molecule has 1 nitrogen and oxygen atoms in total. The molecule has 0 aromatic heterocycles. The van der Waals surface area contributed by atoms with Crippen molar-refractivity contribution in [1.29, 1.82) is 0 Å². The molecule has 0 bridgehead atoms. The van der Waals surface area contributed by atoms with Crippen LogP contribution >= 0.6 is 11.6 Å². The zero-order valence-corrected chi connectivity index (χ0v) is 30.8. The highest BCUT2D eigenvalue weighted by molar-refractivity contribution is 7.32. The second-order valence-corrected chi connectivity index (χ2v) is 44.9. The van der Waals surface area contributed by atoms with E-state index in [1.807, 2.05) is 0 Å². The first kappa shape index (κ1) is 28.6. The van der Waals surface area contributed by atoms with E-state index in [1.165, 1.54) is 18.5 Å². The highest BCUT2D eigenvalue weighted by atomic mass is 35.5. The van der Waals surface area contributed by atoms with Crippen molar-refractivity contribution < 1.29 is 0 Å². The molecule has 4 rings (SSSR count). The van der Waals surface area contributed by atoms with Crippen molar-refractivity contribution >= 4 is 57.8 Å². The highest BCUT2D eigenvalue weighted by Crippen LogP contribution is 2.86. The van der Waals surface area contributed by atoms with Crippen molar-refractivity contribution in [2.75, 3.05) is 4.57 Å². The summed E-state index contributed by atoms with van der Waals surface area (Å²) in [6, 6.07) is 20.7. The summed E-state index contributed by atoms with van der Waals surface area (Å²) in [6.45, 7) is 33.1. The molecule has 2 aliphatic rings. The molecule has 0 aliphatic carbocycles. The Morgan fingerprint density at radius 1 is 0.639 bits per heavy atom. The predicted octanol–water partition coefficient (Wildman–Crippen LogP) is 10.2. The van der Waals surface area contributed by atoms with Gasteiger partial charge in [-0.25, -0.2) is 0 Å². The van der Waals surface area contributed by atoms with Crippen LogP contribution in [0.5, 0.6) is 0 Å². The summed E-state index contributed by atoms with van der Waals surface area (Å²) in [4.78, 5) is 0. The molecule has 0 N–H and O–H groups in total. The molecule has 198 valence electrons. The van der Waals surface area contributed by atoms with Crippen LogP contribution < -0.4 is 4.57 Å². The van der Waals surface area contributed by atoms with E-state index in [-0.39, 0.29) is 0 Å². The number of nitrogens with zero attached hydrogens (tertiary/aromatic N) is 1. The molecule has 2 aromatic rings. The number of rotatable bonds is 6. The van der Waals surface area contributed by atoms with Crippen LogP contribution in [-0.2, 0) is 0 Å². The van der Waals surface area contributed by atoms with E-state index >= 15 is 0 Å². The minimum absolute atomic E-state index is 0.549. The largest absolute Gasteiger partial charge is 0.389 e. The van der Waals surface area contributed by atoms with Crippen LogP contribution in [0.3, 0.4) is 0 Å². The summed E-state index contributed by atoms with van der Waals surface area (Å²) in [5.74, 6) is 0. The zero-order chi connectivity index (χ0) is 27.2. The lowest BCUT2D eigenvalue weighted by molar-refractivity contribution is 0.763. The summed E-state index contributed by atoms with van der Waals surface area (Å²) in [7, 11) is -8.47. The lowest BCUT2D eigenvalue weighted by Gasteiger charge is -2.61. The number of benzene rings is 2. The Hall–Kier alpha value is -0.386. The van der Waals surface area contributed by atoms with Gasteiger partial charge in [0.25, 0.3) is 0 Å². The Labute approximate surface area is 232 Å². The summed E-state index contributed by atoms with van der Waals surface area (Å²) in [6.07, 6.45) is 2.96. The molecule has 0 unspecified atom stereocenters. The Bertz CT molecular complexity index is 1040. The fraction of sp³-hybridized carbons (Fsp3) is 0.586. The maximum absolute atomic E-state index is 6.47. The fourth-order valence-electron chi connectivity index (χ4n) is 10.3. The Morgan fingerprint density at radius 3 is 1.39 bits per heavy atom. The molecule has 2 saturated heterocycles. The highest BCUT2D eigenvalue weighted by Gasteiger charge is 2.92. The van der Waals surface area contributed by atoms with Crippen molar-refractivity contribution in [3.8, 4) is 0 Å². The average Bonchev–Trinajstić information content (AvgIpc) is 3.24. The summed E-state index contributed by atoms with van der Waals surface area (Å²) >= 11 is 6.47. The molecule has 0 saturated carbocycles. The third kappa shape index (κ3) is 3.53. The maximum atomic E-state index is 6.47. The van der Waals surface area contributed by atoms with Crippen LogP contribution in [0.2, 0.25) is 92.2 Å². The van der Waals surface area contributed by atoms with Crippen LogP contribution in [0.15, 0.2) is 54.6 Å². The Kier molecular flexibility index (Phi) is 6.80. The average molecular weight is 589 g/mol. The van der Waals surface area contributed by atoms with E-state index in [1.54, 1.807) is 5.56 Å². The molecule has 1 atom stereocenters. The van der Waals surface area contributed by atoms with Gasteiger partial charge in [-0.3, -0.25) is 0 Å². The van der Waals surface area contributed by atoms with E-state index in [0.717, 1.165) is 5.02 Å². The van der Waals surface area contributed by atoms with E-state index in [9.17, 15) is 0 Å². The normalized spacial score (nSPS) is 23.2. The van der Waals surface area contributed by atoms with Crippen LogP contribution in [0.4, 0.5) is 5.69 Å². The van der Waals surface area contributed by atoms with Crippen LogP contribution in [0.25, 0.3) is 0 Å². The van der Waals surface area contributed by atoms with E-state index in [0.29, 0.717) is 14.2 Å². The number of halogens is 1. The van der Waals surface area contributed by atoms with Crippen LogP contribution in [0, 0.1) is 0 Å². The second-order valence-electron chi connectivity index (χ2n) is 15.7. The summed E-state index contributed by atoms with van der Waals surface area (Å²) < 4.78 is 4.23. The predicted molar refractivity (Wildman–Crippen MR) is 177 cm³/mol. The van der Waals surface area contributed by atoms with E-state index in [4.69, 9.17) is 11.6 Å². The molecular formula is C29H50ClNSi5. The van der Waals surface area contributed by atoms with Gasteiger partial charge in [0.05, 0.1) is 5.67 Å². The van der Waals surface area contributed by atoms with Crippen LogP contribution in [-0.4, -0.2) is 40.5 Å². The minimum Gasteiger partial charge on any atom is -0.389 e. The molecule has 0 radical (unpaired) electrons. The molecular weight excluding hydrogens is 538 g/mol. The minimum atomic E-state index is -2.11. The SMILES string of the molecule is C[Si](C)(C)C1([Si](C)(C)C)CCC([Si](C)(C)C)([Si](C)(C)C)[Si]12[C@@H](c1ccc(Cl)cc1)N2c1ccccc1. The molecule has 2 aliphatic heterocycles. The maximum Gasteiger partial charge on any atom is 0.184 e. The van der Waals surface area contributed by atoms with Crippen molar-refractivity contribution in [1.82, 2.24) is 0 Å². The molecule has 36 heavy (non-hydrogen) atoms. The fourth-order valence-corrected chi connectivity index (χ4v) is 63.4. The zero-order valence-electron chi connectivity index (χ0n) is 25.0. The monoisotopic (exact) mass is 587 g/mol. The Morgan fingerprint density at radius 2 is 1.03 bits per heavy atom. The first-order chi connectivity index (χ1) is 16.3. The van der Waals surface area contributed by atoms with Gasteiger partial charge in [-0.05, 0) is 38.4 Å². The molecule has 2 aromatic carbocycles. The first-order valence-corrected chi connectivity index (χ1v) is 30.3. The third-order valence-corrected chi connectivity index (χ3v) is 50.0. The van der Waals surface area contributed by atoms with Gasteiger partial charge < -0.3 is 4.57 Å². The number of hydrogen-bond donors (Lipinski definition) is 0. The molecule has 2 heterocycles. The topological polar surface area (TPSA) is 3.01 Å². The van der Waals surface area contributed by atoms with Crippen molar-refractivity contribution in [2.24, 2.45) is 0 Å². The van der Waals surface area contributed by atoms with E-state index < -0.39 is 40.5 Å². The van der Waals surface area contributed by atoms with Crippen molar-refractivity contribution in [2.45, 2.75) is 106 Å². The quantitative estimate of drug-likeness (QED) is 0.240. The van der Waals surface area contributed by atoms with Crippen LogP contribution in [0.1, 0.15) is 24.1 Å². The number of para-hydroxylation sites is 1. The van der Waals surface area contributed by atoms with Gasteiger partial charge in [0, 0.05) is 43.0 Å². The van der Waals surface area contributed by atoms with Gasteiger partial charge in [0.2, 0.25) is 0 Å². The first-order valence-electron chi connectivity index (χ1n) is 13.9. The van der Waals surface area contributed by atoms with E-state index in [2.05, 4.69) is 138 Å². The summed E-state index contributed by atoms with van der Waals surface area (Å²) in [5, 5.41) is 0.858. The van der Waals surface area contributed by atoms with Gasteiger partial charge in [0.15, 0.2) is 8.24 Å².